The molecule has 0 spiro atoms. The second-order valence-electron chi connectivity index (χ2n) is 7.66. The smallest absolute Gasteiger partial charge is 0.404 e. The van der Waals surface area contributed by atoms with E-state index in [-0.39, 0.29) is 24.8 Å². The molecule has 102 valence electrons. The molecule has 0 amide bonds. The van der Waals surface area contributed by atoms with Crippen LogP contribution < -0.4 is 5.73 Å². The Labute approximate surface area is 111 Å². The normalized spacial score (nSPS) is 46.8. The quantitative estimate of drug-likeness (QED) is 0.765. The van der Waals surface area contributed by atoms with Gasteiger partial charge in [-0.25, -0.2) is 0 Å². The number of nitrogens with two attached hydrogens (primary N) is 1. The Hall–Kier alpha value is -0.0551. The van der Waals surface area contributed by atoms with E-state index in [1.807, 2.05) is 0 Å². The van der Waals surface area contributed by atoms with E-state index in [9.17, 15) is 0 Å². The van der Waals surface area contributed by atoms with Crippen molar-refractivity contribution in [2.24, 2.45) is 28.9 Å². The minimum Gasteiger partial charge on any atom is -0.404 e. The molecular formula is C14H26BNO2. The number of hydrogen-bond acceptors (Lipinski definition) is 3. The van der Waals surface area contributed by atoms with Gasteiger partial charge in [-0.2, -0.15) is 0 Å². The molecule has 4 aliphatic rings. The summed E-state index contributed by atoms with van der Waals surface area (Å²) in [6, 6.07) is 0. The van der Waals surface area contributed by atoms with Crippen molar-refractivity contribution in [1.29, 1.82) is 0 Å². The van der Waals surface area contributed by atoms with Crippen LogP contribution in [0.2, 0.25) is 0 Å². The fourth-order valence-corrected chi connectivity index (χ4v) is 4.38. The molecule has 0 radical (unpaired) electrons. The highest BCUT2D eigenvalue weighted by Gasteiger charge is 2.68. The lowest BCUT2D eigenvalue weighted by Gasteiger charge is -2.64. The van der Waals surface area contributed by atoms with Crippen LogP contribution in [0.3, 0.4) is 0 Å². The molecule has 1 aliphatic heterocycles. The lowest BCUT2D eigenvalue weighted by atomic mass is 9.43. The third-order valence-electron chi connectivity index (χ3n) is 6.05. The summed E-state index contributed by atoms with van der Waals surface area (Å²) in [5, 5.41) is 0. The second-order valence-corrected chi connectivity index (χ2v) is 7.66. The van der Waals surface area contributed by atoms with Crippen molar-refractivity contribution in [2.45, 2.75) is 65.1 Å². The van der Waals surface area contributed by atoms with Crippen LogP contribution in [0.1, 0.15) is 47.5 Å². The Bertz CT molecular complexity index is 360. The van der Waals surface area contributed by atoms with Crippen molar-refractivity contribution in [2.75, 3.05) is 0 Å². The molecule has 4 fully saturated rings. The van der Waals surface area contributed by atoms with Crippen molar-refractivity contribution in [1.82, 2.24) is 0 Å². The number of rotatable bonds is 2. The summed E-state index contributed by atoms with van der Waals surface area (Å²) in [6.45, 7) is 11.3. The van der Waals surface area contributed by atoms with Gasteiger partial charge in [-0.1, -0.05) is 27.7 Å². The maximum atomic E-state index is 6.31. The summed E-state index contributed by atoms with van der Waals surface area (Å²) in [5.41, 5.74) is 6.50. The first-order chi connectivity index (χ1) is 8.26. The van der Waals surface area contributed by atoms with E-state index in [4.69, 9.17) is 15.0 Å². The summed E-state index contributed by atoms with van der Waals surface area (Å²) >= 11 is 0. The summed E-state index contributed by atoms with van der Waals surface area (Å²) in [5.74, 6) is 1.80. The minimum absolute atomic E-state index is 0.0206. The van der Waals surface area contributed by atoms with Gasteiger partial charge in [0.2, 0.25) is 0 Å². The predicted molar refractivity (Wildman–Crippen MR) is 72.9 cm³/mol. The highest BCUT2D eigenvalue weighted by atomic mass is 16.7. The van der Waals surface area contributed by atoms with Gasteiger partial charge in [-0.15, -0.1) is 0 Å². The van der Waals surface area contributed by atoms with Gasteiger partial charge in [0, 0.05) is 5.94 Å². The fourth-order valence-electron chi connectivity index (χ4n) is 4.38. The van der Waals surface area contributed by atoms with Crippen LogP contribution in [0.15, 0.2) is 0 Å². The molecule has 3 saturated carbocycles. The maximum Gasteiger partial charge on any atom is 0.475 e. The van der Waals surface area contributed by atoms with E-state index in [0.29, 0.717) is 17.3 Å². The van der Waals surface area contributed by atoms with E-state index in [1.165, 1.54) is 6.42 Å². The molecule has 4 rings (SSSR count). The van der Waals surface area contributed by atoms with Crippen LogP contribution in [0.5, 0.6) is 0 Å². The van der Waals surface area contributed by atoms with Crippen molar-refractivity contribution < 1.29 is 9.31 Å². The molecular weight excluding hydrogens is 225 g/mol. The standard InChI is InChI=1S/C14H26BNO2/c1-8(2)12(16)15-17-11-7-9-6-10(13(9,3)4)14(11,5)18-15/h8-12H,6-7,16H2,1-5H3. The Morgan fingerprint density at radius 2 is 1.89 bits per heavy atom. The molecule has 1 heterocycles. The summed E-state index contributed by atoms with van der Waals surface area (Å²) in [7, 11) is -0.213. The summed E-state index contributed by atoms with van der Waals surface area (Å²) < 4.78 is 12.5. The maximum absolute atomic E-state index is 6.31. The third kappa shape index (κ3) is 1.49. The van der Waals surface area contributed by atoms with Crippen molar-refractivity contribution >= 4 is 7.12 Å². The highest BCUT2D eigenvalue weighted by Crippen LogP contribution is 2.65. The topological polar surface area (TPSA) is 44.5 Å². The van der Waals surface area contributed by atoms with Gasteiger partial charge in [0.1, 0.15) is 0 Å². The van der Waals surface area contributed by atoms with Crippen LogP contribution >= 0.6 is 0 Å². The van der Waals surface area contributed by atoms with Crippen LogP contribution in [-0.4, -0.2) is 24.8 Å². The first kappa shape index (κ1) is 13.0. The van der Waals surface area contributed by atoms with Gasteiger partial charge in [-0.3, -0.25) is 0 Å². The van der Waals surface area contributed by atoms with E-state index < -0.39 is 0 Å². The molecule has 0 aromatic rings. The lowest BCUT2D eigenvalue weighted by Crippen LogP contribution is -2.65. The first-order valence-corrected chi connectivity index (χ1v) is 7.35. The number of hydrogen-bond donors (Lipinski definition) is 1. The minimum atomic E-state index is -0.213. The zero-order valence-corrected chi connectivity index (χ0v) is 12.3. The first-order valence-electron chi connectivity index (χ1n) is 7.35. The van der Waals surface area contributed by atoms with E-state index in [0.717, 1.165) is 12.3 Å². The Kier molecular flexibility index (Phi) is 2.69. The van der Waals surface area contributed by atoms with Gasteiger partial charge < -0.3 is 15.0 Å². The van der Waals surface area contributed by atoms with Crippen LogP contribution in [-0.2, 0) is 9.31 Å². The molecule has 2 bridgehead atoms. The molecule has 0 aromatic carbocycles. The molecule has 3 aliphatic carbocycles. The molecule has 2 N–H and O–H groups in total. The second kappa shape index (κ2) is 3.74. The molecule has 4 heteroatoms. The fraction of sp³-hybridized carbons (Fsp3) is 1.00. The average molecular weight is 251 g/mol. The van der Waals surface area contributed by atoms with E-state index in [1.54, 1.807) is 0 Å². The van der Waals surface area contributed by atoms with Crippen molar-refractivity contribution in [3.05, 3.63) is 0 Å². The largest absolute Gasteiger partial charge is 0.475 e. The zero-order valence-electron chi connectivity index (χ0n) is 12.3. The van der Waals surface area contributed by atoms with Gasteiger partial charge in [0.25, 0.3) is 0 Å². The predicted octanol–water partition coefficient (Wildman–Crippen LogP) is 2.24. The molecule has 1 saturated heterocycles. The van der Waals surface area contributed by atoms with Crippen molar-refractivity contribution in [3.63, 3.8) is 0 Å². The van der Waals surface area contributed by atoms with Crippen LogP contribution in [0.4, 0.5) is 0 Å². The highest BCUT2D eigenvalue weighted by molar-refractivity contribution is 6.47. The molecule has 18 heavy (non-hydrogen) atoms. The summed E-state index contributed by atoms with van der Waals surface area (Å²) in [4.78, 5) is 0. The molecule has 3 nitrogen and oxygen atoms in total. The summed E-state index contributed by atoms with van der Waals surface area (Å²) in [6.07, 6.45) is 2.69. The Balaban J connectivity index is 1.81. The molecule has 5 unspecified atom stereocenters. The van der Waals surface area contributed by atoms with Gasteiger partial charge in [0.15, 0.2) is 0 Å². The van der Waals surface area contributed by atoms with Crippen molar-refractivity contribution in [3.8, 4) is 0 Å². The van der Waals surface area contributed by atoms with Crippen LogP contribution in [0, 0.1) is 23.2 Å². The van der Waals surface area contributed by atoms with E-state index in [2.05, 4.69) is 34.6 Å². The van der Waals surface area contributed by atoms with Gasteiger partial charge >= 0.3 is 7.12 Å². The third-order valence-corrected chi connectivity index (χ3v) is 6.05. The van der Waals surface area contributed by atoms with Gasteiger partial charge in [0.05, 0.1) is 11.7 Å². The Morgan fingerprint density at radius 1 is 1.22 bits per heavy atom. The van der Waals surface area contributed by atoms with Crippen LogP contribution in [0.25, 0.3) is 0 Å². The SMILES string of the molecule is CC(C)C(N)B1OC2CC3CC(C3(C)C)C2(C)O1. The molecule has 5 atom stereocenters. The zero-order chi connectivity index (χ0) is 13.3. The van der Waals surface area contributed by atoms with E-state index >= 15 is 0 Å². The Morgan fingerprint density at radius 3 is 2.44 bits per heavy atom. The van der Waals surface area contributed by atoms with Gasteiger partial charge in [-0.05, 0) is 42.9 Å². The monoisotopic (exact) mass is 251 g/mol. The lowest BCUT2D eigenvalue weighted by molar-refractivity contribution is -0.199. The average Bonchev–Trinajstić information content (AvgIpc) is 2.63. The molecule has 0 aromatic heterocycles.